The van der Waals surface area contributed by atoms with Crippen LogP contribution in [-0.2, 0) is 0 Å². The maximum absolute atomic E-state index is 5.87. The lowest BCUT2D eigenvalue weighted by atomic mass is 10.3. The molecule has 0 saturated carbocycles. The predicted octanol–water partition coefficient (Wildman–Crippen LogP) is 2.68. The van der Waals surface area contributed by atoms with Gasteiger partial charge in [-0.25, -0.2) is 0 Å². The minimum Gasteiger partial charge on any atom is -0.493 e. The van der Waals surface area contributed by atoms with E-state index in [1.54, 1.807) is 19.2 Å². The number of hydrogen-bond donors (Lipinski definition) is 0. The third kappa shape index (κ3) is 4.87. The lowest BCUT2D eigenvalue weighted by molar-refractivity contribution is 0.263. The quantitative estimate of drug-likeness (QED) is 0.560. The molecule has 0 atom stereocenters. The summed E-state index contributed by atoms with van der Waals surface area (Å²) in [5.41, 5.74) is 0. The van der Waals surface area contributed by atoms with E-state index in [1.807, 2.05) is 13.1 Å². The van der Waals surface area contributed by atoms with Gasteiger partial charge in [0.2, 0.25) is 0 Å². The van der Waals surface area contributed by atoms with E-state index in [1.165, 1.54) is 0 Å². The summed E-state index contributed by atoms with van der Waals surface area (Å²) >= 11 is 5.87. The molecule has 18 heavy (non-hydrogen) atoms. The van der Waals surface area contributed by atoms with Crippen molar-refractivity contribution in [2.24, 2.45) is 0 Å². The van der Waals surface area contributed by atoms with Crippen molar-refractivity contribution in [3.05, 3.63) is 23.2 Å². The summed E-state index contributed by atoms with van der Waals surface area (Å²) in [6, 6.07) is 5.33. The molecule has 4 heteroatoms. The maximum atomic E-state index is 5.87. The third-order valence-corrected chi connectivity index (χ3v) is 2.66. The summed E-state index contributed by atoms with van der Waals surface area (Å²) < 4.78 is 10.8. The molecule has 0 saturated heterocycles. The molecule has 98 valence electrons. The van der Waals surface area contributed by atoms with Crippen LogP contribution in [0.2, 0.25) is 5.02 Å². The van der Waals surface area contributed by atoms with Gasteiger partial charge in [0, 0.05) is 17.6 Å². The zero-order valence-electron chi connectivity index (χ0n) is 10.8. The fourth-order valence-corrected chi connectivity index (χ4v) is 1.67. The summed E-state index contributed by atoms with van der Waals surface area (Å²) in [4.78, 5) is 2.07. The second-order valence-electron chi connectivity index (χ2n) is 3.94. The number of rotatable bonds is 7. The van der Waals surface area contributed by atoms with Crippen LogP contribution in [0.3, 0.4) is 0 Å². The minimum absolute atomic E-state index is 0.618. The van der Waals surface area contributed by atoms with Crippen LogP contribution in [0.15, 0.2) is 18.2 Å². The van der Waals surface area contributed by atoms with Crippen LogP contribution in [0.25, 0.3) is 0 Å². The van der Waals surface area contributed by atoms with Gasteiger partial charge < -0.3 is 9.47 Å². The molecule has 0 bridgehead atoms. The van der Waals surface area contributed by atoms with Crippen LogP contribution in [0.1, 0.15) is 6.42 Å². The van der Waals surface area contributed by atoms with Crippen molar-refractivity contribution >= 4 is 11.6 Å². The Morgan fingerprint density at radius 2 is 2.17 bits per heavy atom. The first-order valence-corrected chi connectivity index (χ1v) is 6.13. The highest BCUT2D eigenvalue weighted by Crippen LogP contribution is 2.29. The minimum atomic E-state index is 0.618. The van der Waals surface area contributed by atoms with E-state index in [-0.39, 0.29) is 0 Å². The van der Waals surface area contributed by atoms with Gasteiger partial charge in [-0.1, -0.05) is 17.5 Å². The monoisotopic (exact) mass is 267 g/mol. The Morgan fingerprint density at radius 1 is 1.39 bits per heavy atom. The SMILES string of the molecule is C#CCN(C)CCCOc1ccc(Cl)cc1OC. The fourth-order valence-electron chi connectivity index (χ4n) is 1.51. The molecular formula is C14H18ClNO2. The molecule has 0 N–H and O–H groups in total. The highest BCUT2D eigenvalue weighted by Gasteiger charge is 2.05. The van der Waals surface area contributed by atoms with Gasteiger partial charge in [-0.2, -0.15) is 0 Å². The van der Waals surface area contributed by atoms with Crippen molar-refractivity contribution in [1.29, 1.82) is 0 Å². The van der Waals surface area contributed by atoms with Gasteiger partial charge >= 0.3 is 0 Å². The third-order valence-electron chi connectivity index (χ3n) is 2.43. The van der Waals surface area contributed by atoms with E-state index in [0.717, 1.165) is 13.0 Å². The number of halogens is 1. The van der Waals surface area contributed by atoms with Gasteiger partial charge in [0.15, 0.2) is 11.5 Å². The average molecular weight is 268 g/mol. The van der Waals surface area contributed by atoms with Gasteiger partial charge in [0.1, 0.15) is 0 Å². The van der Waals surface area contributed by atoms with Crippen LogP contribution in [-0.4, -0.2) is 38.8 Å². The zero-order valence-corrected chi connectivity index (χ0v) is 11.5. The van der Waals surface area contributed by atoms with Crippen molar-refractivity contribution < 1.29 is 9.47 Å². The second kappa shape index (κ2) is 7.86. The van der Waals surface area contributed by atoms with Gasteiger partial charge in [-0.15, -0.1) is 6.42 Å². The molecule has 0 aliphatic rings. The Hall–Kier alpha value is -1.37. The Balaban J connectivity index is 2.38. The molecule has 0 unspecified atom stereocenters. The van der Waals surface area contributed by atoms with Gasteiger partial charge in [0.25, 0.3) is 0 Å². The molecule has 0 amide bonds. The van der Waals surface area contributed by atoms with E-state index in [2.05, 4.69) is 10.8 Å². The van der Waals surface area contributed by atoms with Crippen molar-refractivity contribution in [1.82, 2.24) is 4.90 Å². The topological polar surface area (TPSA) is 21.7 Å². The number of terminal acetylenes is 1. The molecule has 1 aromatic carbocycles. The average Bonchev–Trinajstić information content (AvgIpc) is 2.36. The summed E-state index contributed by atoms with van der Waals surface area (Å²) in [7, 11) is 3.59. The van der Waals surface area contributed by atoms with Crippen LogP contribution >= 0.6 is 11.6 Å². The zero-order chi connectivity index (χ0) is 13.4. The molecule has 1 aromatic rings. The van der Waals surface area contributed by atoms with Crippen molar-refractivity contribution in [3.8, 4) is 23.8 Å². The number of nitrogens with zero attached hydrogens (tertiary/aromatic N) is 1. The van der Waals surface area contributed by atoms with E-state index in [9.17, 15) is 0 Å². The summed E-state index contributed by atoms with van der Waals surface area (Å²) in [5.74, 6) is 3.96. The second-order valence-corrected chi connectivity index (χ2v) is 4.38. The Bertz CT molecular complexity index is 415. The van der Waals surface area contributed by atoms with E-state index >= 15 is 0 Å². The van der Waals surface area contributed by atoms with Crippen LogP contribution < -0.4 is 9.47 Å². The standard InChI is InChI=1S/C14H18ClNO2/c1-4-8-16(2)9-5-10-18-13-7-6-12(15)11-14(13)17-3/h1,6-7,11H,5,8-10H2,2-3H3. The van der Waals surface area contributed by atoms with Crippen molar-refractivity contribution in [3.63, 3.8) is 0 Å². The van der Waals surface area contributed by atoms with Gasteiger partial charge in [-0.05, 0) is 25.6 Å². The molecular weight excluding hydrogens is 250 g/mol. The van der Waals surface area contributed by atoms with Crippen molar-refractivity contribution in [2.45, 2.75) is 6.42 Å². The number of methoxy groups -OCH3 is 1. The smallest absolute Gasteiger partial charge is 0.162 e. The predicted molar refractivity (Wildman–Crippen MR) is 74.4 cm³/mol. The van der Waals surface area contributed by atoms with E-state index in [0.29, 0.717) is 29.7 Å². The van der Waals surface area contributed by atoms with Gasteiger partial charge in [-0.3, -0.25) is 4.90 Å². The summed E-state index contributed by atoms with van der Waals surface area (Å²) in [6.07, 6.45) is 6.13. The van der Waals surface area contributed by atoms with Crippen LogP contribution in [0.5, 0.6) is 11.5 Å². The number of benzene rings is 1. The van der Waals surface area contributed by atoms with Gasteiger partial charge in [0.05, 0.1) is 20.3 Å². The first-order chi connectivity index (χ1) is 8.67. The lowest BCUT2D eigenvalue weighted by Gasteiger charge is -2.14. The fraction of sp³-hybridized carbons (Fsp3) is 0.429. The molecule has 0 aliphatic carbocycles. The van der Waals surface area contributed by atoms with Crippen LogP contribution in [0.4, 0.5) is 0 Å². The van der Waals surface area contributed by atoms with E-state index < -0.39 is 0 Å². The Morgan fingerprint density at radius 3 is 2.83 bits per heavy atom. The molecule has 3 nitrogen and oxygen atoms in total. The maximum Gasteiger partial charge on any atom is 0.162 e. The molecule has 0 heterocycles. The Labute approximate surface area is 114 Å². The molecule has 1 rings (SSSR count). The molecule has 0 aromatic heterocycles. The number of ether oxygens (including phenoxy) is 2. The normalized spacial score (nSPS) is 10.2. The van der Waals surface area contributed by atoms with E-state index in [4.69, 9.17) is 27.5 Å². The molecule has 0 fully saturated rings. The number of hydrogen-bond acceptors (Lipinski definition) is 3. The molecule has 0 aliphatic heterocycles. The highest BCUT2D eigenvalue weighted by atomic mass is 35.5. The first kappa shape index (κ1) is 14.7. The Kier molecular flexibility index (Phi) is 6.42. The highest BCUT2D eigenvalue weighted by molar-refractivity contribution is 6.30. The summed E-state index contributed by atoms with van der Waals surface area (Å²) in [6.45, 7) is 2.18. The summed E-state index contributed by atoms with van der Waals surface area (Å²) in [5, 5.41) is 0.632. The first-order valence-electron chi connectivity index (χ1n) is 5.75. The largest absolute Gasteiger partial charge is 0.493 e. The molecule has 0 spiro atoms. The lowest BCUT2D eigenvalue weighted by Crippen LogP contribution is -2.21. The van der Waals surface area contributed by atoms with Crippen molar-refractivity contribution in [2.75, 3.05) is 33.9 Å². The molecule has 0 radical (unpaired) electrons. The van der Waals surface area contributed by atoms with Crippen LogP contribution in [0, 0.1) is 12.3 Å².